The Balaban J connectivity index is 1.70. The van der Waals surface area contributed by atoms with Crippen molar-refractivity contribution in [1.82, 2.24) is 20.0 Å². The number of hydrogen-bond donors (Lipinski definition) is 0. The molecule has 0 saturated carbocycles. The van der Waals surface area contributed by atoms with E-state index in [4.69, 9.17) is 18.6 Å². The first kappa shape index (κ1) is 22.2. The maximum Gasteiger partial charge on any atom is 0.277 e. The third-order valence-corrected chi connectivity index (χ3v) is 6.00. The topological polar surface area (TPSA) is 90.2 Å². The van der Waals surface area contributed by atoms with E-state index in [-0.39, 0.29) is 11.2 Å². The molecule has 1 aliphatic heterocycles. The zero-order valence-electron chi connectivity index (χ0n) is 18.0. The van der Waals surface area contributed by atoms with Crippen molar-refractivity contribution in [2.24, 2.45) is 0 Å². The number of nitrogens with zero attached hydrogens (tertiary/aromatic N) is 4. The molecule has 1 amide bonds. The van der Waals surface area contributed by atoms with E-state index in [1.54, 1.807) is 33.5 Å². The van der Waals surface area contributed by atoms with Gasteiger partial charge in [0.15, 0.2) is 11.5 Å². The molecule has 1 aliphatic rings. The molecule has 9 nitrogen and oxygen atoms in total. The second-order valence-electron chi connectivity index (χ2n) is 6.81. The molecule has 164 valence electrons. The van der Waals surface area contributed by atoms with Gasteiger partial charge in [-0.3, -0.25) is 4.79 Å². The van der Waals surface area contributed by atoms with E-state index in [1.807, 2.05) is 11.8 Å². The van der Waals surface area contributed by atoms with Crippen molar-refractivity contribution >= 4 is 17.7 Å². The summed E-state index contributed by atoms with van der Waals surface area (Å²) in [5.41, 5.74) is 0.638. The van der Waals surface area contributed by atoms with Crippen molar-refractivity contribution in [3.8, 4) is 28.7 Å². The van der Waals surface area contributed by atoms with Gasteiger partial charge in [0.05, 0.1) is 26.6 Å². The number of piperazine rings is 1. The minimum atomic E-state index is -0.314. The van der Waals surface area contributed by atoms with Crippen molar-refractivity contribution in [1.29, 1.82) is 0 Å². The van der Waals surface area contributed by atoms with Gasteiger partial charge in [0.2, 0.25) is 17.5 Å². The maximum absolute atomic E-state index is 12.8. The normalized spacial score (nSPS) is 15.7. The highest BCUT2D eigenvalue weighted by Crippen LogP contribution is 2.41. The number of thioether (sulfide) groups is 1. The zero-order chi connectivity index (χ0) is 21.7. The Morgan fingerprint density at radius 1 is 1.10 bits per heavy atom. The van der Waals surface area contributed by atoms with Crippen LogP contribution < -0.4 is 14.2 Å². The summed E-state index contributed by atoms with van der Waals surface area (Å²) in [5, 5.41) is 8.24. The second-order valence-corrected chi connectivity index (χ2v) is 8.10. The SMILES string of the molecule is CCN1CCN(C(=O)[C@H](C)Sc2nnc(-c3cc(OC)c(OC)c(OC)c3)o2)CC1. The van der Waals surface area contributed by atoms with Gasteiger partial charge >= 0.3 is 0 Å². The average molecular weight is 437 g/mol. The lowest BCUT2D eigenvalue weighted by Crippen LogP contribution is -2.50. The summed E-state index contributed by atoms with van der Waals surface area (Å²) in [6.45, 7) is 8.32. The number of hydrogen-bond acceptors (Lipinski definition) is 9. The van der Waals surface area contributed by atoms with Gasteiger partial charge in [-0.1, -0.05) is 18.7 Å². The molecule has 1 saturated heterocycles. The van der Waals surface area contributed by atoms with Gasteiger partial charge in [0.25, 0.3) is 5.22 Å². The van der Waals surface area contributed by atoms with Gasteiger partial charge < -0.3 is 28.4 Å². The van der Waals surface area contributed by atoms with E-state index >= 15 is 0 Å². The van der Waals surface area contributed by atoms with Crippen LogP contribution in [0.4, 0.5) is 0 Å². The number of amides is 1. The van der Waals surface area contributed by atoms with Crippen LogP contribution in [-0.2, 0) is 4.79 Å². The quantitative estimate of drug-likeness (QED) is 0.579. The molecule has 1 aromatic carbocycles. The molecule has 0 unspecified atom stereocenters. The lowest BCUT2D eigenvalue weighted by atomic mass is 10.2. The first-order chi connectivity index (χ1) is 14.5. The number of carbonyl (C=O) groups is 1. The Morgan fingerprint density at radius 3 is 2.27 bits per heavy atom. The number of methoxy groups -OCH3 is 3. The minimum Gasteiger partial charge on any atom is -0.493 e. The van der Waals surface area contributed by atoms with Gasteiger partial charge in [-0.25, -0.2) is 0 Å². The molecular weight excluding hydrogens is 408 g/mol. The lowest BCUT2D eigenvalue weighted by molar-refractivity contribution is -0.132. The first-order valence-electron chi connectivity index (χ1n) is 9.82. The number of aromatic nitrogens is 2. The van der Waals surface area contributed by atoms with Gasteiger partial charge in [-0.05, 0) is 25.6 Å². The van der Waals surface area contributed by atoms with Gasteiger partial charge in [-0.2, -0.15) is 0 Å². The van der Waals surface area contributed by atoms with Gasteiger partial charge in [0, 0.05) is 31.7 Å². The number of benzene rings is 1. The summed E-state index contributed by atoms with van der Waals surface area (Å²) in [6, 6.07) is 3.48. The van der Waals surface area contributed by atoms with Crippen LogP contribution in [0.3, 0.4) is 0 Å². The van der Waals surface area contributed by atoms with E-state index in [2.05, 4.69) is 22.0 Å². The molecule has 2 heterocycles. The first-order valence-corrected chi connectivity index (χ1v) is 10.7. The third-order valence-electron chi connectivity index (χ3n) is 5.07. The van der Waals surface area contributed by atoms with Crippen LogP contribution in [0.15, 0.2) is 21.8 Å². The van der Waals surface area contributed by atoms with Crippen LogP contribution in [0.5, 0.6) is 17.2 Å². The molecule has 10 heteroatoms. The van der Waals surface area contributed by atoms with E-state index in [9.17, 15) is 4.79 Å². The fourth-order valence-corrected chi connectivity index (χ4v) is 4.09. The molecular formula is C20H28N4O5S. The lowest BCUT2D eigenvalue weighted by Gasteiger charge is -2.35. The van der Waals surface area contributed by atoms with Crippen molar-refractivity contribution in [2.75, 3.05) is 54.1 Å². The fourth-order valence-electron chi connectivity index (χ4n) is 3.32. The molecule has 0 radical (unpaired) electrons. The van der Waals surface area contributed by atoms with E-state index in [0.29, 0.717) is 33.9 Å². The number of ether oxygens (including phenoxy) is 3. The van der Waals surface area contributed by atoms with E-state index in [1.165, 1.54) is 11.8 Å². The summed E-state index contributed by atoms with van der Waals surface area (Å²) in [4.78, 5) is 17.0. The minimum absolute atomic E-state index is 0.0864. The van der Waals surface area contributed by atoms with E-state index in [0.717, 1.165) is 32.7 Å². The summed E-state index contributed by atoms with van der Waals surface area (Å²) < 4.78 is 21.9. The molecule has 3 rings (SSSR count). The summed E-state index contributed by atoms with van der Waals surface area (Å²) >= 11 is 1.26. The molecule has 1 fully saturated rings. The highest BCUT2D eigenvalue weighted by Gasteiger charge is 2.27. The monoisotopic (exact) mass is 436 g/mol. The molecule has 0 spiro atoms. The largest absolute Gasteiger partial charge is 0.493 e. The van der Waals surface area contributed by atoms with Gasteiger partial charge in [0.1, 0.15) is 0 Å². The number of carbonyl (C=O) groups excluding carboxylic acids is 1. The molecule has 0 N–H and O–H groups in total. The van der Waals surface area contributed by atoms with Crippen LogP contribution in [0, 0.1) is 0 Å². The van der Waals surface area contributed by atoms with Crippen molar-refractivity contribution in [3.05, 3.63) is 12.1 Å². The van der Waals surface area contributed by atoms with Crippen LogP contribution >= 0.6 is 11.8 Å². The number of rotatable bonds is 8. The van der Waals surface area contributed by atoms with Crippen LogP contribution in [0.25, 0.3) is 11.5 Å². The van der Waals surface area contributed by atoms with Crippen molar-refractivity contribution in [3.63, 3.8) is 0 Å². The fraction of sp³-hybridized carbons (Fsp3) is 0.550. The highest BCUT2D eigenvalue weighted by molar-refractivity contribution is 8.00. The Kier molecular flexibility index (Phi) is 7.43. The molecule has 30 heavy (non-hydrogen) atoms. The third kappa shape index (κ3) is 4.81. The average Bonchev–Trinajstić information content (AvgIpc) is 3.25. The predicted molar refractivity (Wildman–Crippen MR) is 113 cm³/mol. The van der Waals surface area contributed by atoms with Crippen LogP contribution in [0.1, 0.15) is 13.8 Å². The summed E-state index contributed by atoms with van der Waals surface area (Å²) in [7, 11) is 4.63. The van der Waals surface area contributed by atoms with Crippen molar-refractivity contribution < 1.29 is 23.4 Å². The van der Waals surface area contributed by atoms with Crippen molar-refractivity contribution in [2.45, 2.75) is 24.3 Å². The molecule has 0 bridgehead atoms. The molecule has 1 atom stereocenters. The smallest absolute Gasteiger partial charge is 0.277 e. The predicted octanol–water partition coefficient (Wildman–Crippen LogP) is 2.41. The van der Waals surface area contributed by atoms with E-state index < -0.39 is 0 Å². The summed E-state index contributed by atoms with van der Waals surface area (Å²) in [6.07, 6.45) is 0. The molecule has 0 aliphatic carbocycles. The maximum atomic E-state index is 12.8. The second kappa shape index (κ2) is 10.0. The summed E-state index contributed by atoms with van der Waals surface area (Å²) in [5.74, 6) is 1.87. The Labute approximate surface area is 180 Å². The molecule has 2 aromatic rings. The standard InChI is InChI=1S/C20H28N4O5S/c1-6-23-7-9-24(10-8-23)19(25)13(2)30-20-22-21-18(29-20)14-11-15(26-3)17(28-5)16(12-14)27-4/h11-13H,6-10H2,1-5H3/t13-/m0/s1. The Hall–Kier alpha value is -2.46. The van der Waals surface area contributed by atoms with Gasteiger partial charge in [-0.15, -0.1) is 10.2 Å². The molecule has 1 aromatic heterocycles. The zero-order valence-corrected chi connectivity index (χ0v) is 18.8. The Bertz CT molecular complexity index is 842. The highest BCUT2D eigenvalue weighted by atomic mass is 32.2. The van der Waals surface area contributed by atoms with Crippen LogP contribution in [-0.4, -0.2) is 85.2 Å². The Morgan fingerprint density at radius 2 is 1.73 bits per heavy atom. The van der Waals surface area contributed by atoms with Crippen LogP contribution in [0.2, 0.25) is 0 Å². The number of likely N-dealkylation sites (N-methyl/N-ethyl adjacent to an activating group) is 1.